The van der Waals surface area contributed by atoms with Crippen molar-refractivity contribution in [2.75, 3.05) is 21.3 Å². The third kappa shape index (κ3) is 3.90. The maximum Gasteiger partial charge on any atom is 0.513 e. The van der Waals surface area contributed by atoms with Crippen LogP contribution in [0, 0.1) is 0 Å². The largest absolute Gasteiger partial charge is 0.513 e. The molecule has 1 atom stereocenters. The SMILES string of the molecule is CCCCCC(S)[Si](OC)(OC)OC. The van der Waals surface area contributed by atoms with Crippen molar-refractivity contribution in [2.45, 2.75) is 37.5 Å². The number of hydrogen-bond donors (Lipinski definition) is 1. The lowest BCUT2D eigenvalue weighted by molar-refractivity contribution is 0.120. The van der Waals surface area contributed by atoms with Gasteiger partial charge in [0.25, 0.3) is 0 Å². The minimum atomic E-state index is -2.51. The molecule has 0 radical (unpaired) electrons. The Morgan fingerprint density at radius 1 is 1.07 bits per heavy atom. The molecule has 0 saturated heterocycles. The summed E-state index contributed by atoms with van der Waals surface area (Å²) >= 11 is 4.51. The van der Waals surface area contributed by atoms with Gasteiger partial charge in [0.1, 0.15) is 0 Å². The smallest absolute Gasteiger partial charge is 0.376 e. The zero-order valence-electron chi connectivity index (χ0n) is 9.58. The molecule has 0 aromatic heterocycles. The zero-order valence-corrected chi connectivity index (χ0v) is 11.5. The highest BCUT2D eigenvalue weighted by atomic mass is 32.1. The molecule has 0 bridgehead atoms. The fraction of sp³-hybridized carbons (Fsp3) is 1.00. The van der Waals surface area contributed by atoms with E-state index >= 15 is 0 Å². The fourth-order valence-electron chi connectivity index (χ4n) is 1.42. The summed E-state index contributed by atoms with van der Waals surface area (Å²) in [7, 11) is 2.38. The van der Waals surface area contributed by atoms with Gasteiger partial charge >= 0.3 is 8.80 Å². The average Bonchev–Trinajstić information content (AvgIpc) is 2.22. The van der Waals surface area contributed by atoms with E-state index in [1.165, 1.54) is 12.8 Å². The molecule has 0 aromatic carbocycles. The Balaban J connectivity index is 4.07. The molecule has 14 heavy (non-hydrogen) atoms. The average molecular weight is 238 g/mol. The van der Waals surface area contributed by atoms with Crippen LogP contribution in [0.25, 0.3) is 0 Å². The highest BCUT2D eigenvalue weighted by molar-refractivity contribution is 7.83. The summed E-state index contributed by atoms with van der Waals surface area (Å²) in [6, 6.07) is 0. The fourth-order valence-corrected chi connectivity index (χ4v) is 4.43. The van der Waals surface area contributed by atoms with E-state index in [2.05, 4.69) is 19.6 Å². The molecule has 0 saturated carbocycles. The van der Waals surface area contributed by atoms with E-state index in [1.54, 1.807) is 21.3 Å². The summed E-state index contributed by atoms with van der Waals surface area (Å²) < 4.78 is 16.0. The lowest BCUT2D eigenvalue weighted by Gasteiger charge is -2.29. The van der Waals surface area contributed by atoms with Crippen LogP contribution >= 0.6 is 12.6 Å². The first-order valence-corrected chi connectivity index (χ1v) is 7.32. The van der Waals surface area contributed by atoms with Gasteiger partial charge in [-0.15, -0.1) is 0 Å². The predicted octanol–water partition coefficient (Wildman–Crippen LogP) is 2.28. The molecule has 5 heteroatoms. The Morgan fingerprint density at radius 3 is 1.93 bits per heavy atom. The van der Waals surface area contributed by atoms with Gasteiger partial charge in [0.05, 0.1) is 4.87 Å². The molecule has 3 nitrogen and oxygen atoms in total. The molecule has 0 rings (SSSR count). The van der Waals surface area contributed by atoms with E-state index in [0.29, 0.717) is 0 Å². The van der Waals surface area contributed by atoms with Gasteiger partial charge in [-0.05, 0) is 6.42 Å². The van der Waals surface area contributed by atoms with Crippen LogP contribution < -0.4 is 0 Å². The first kappa shape index (κ1) is 14.4. The topological polar surface area (TPSA) is 27.7 Å². The second-order valence-corrected chi connectivity index (χ2v) is 7.47. The number of rotatable bonds is 8. The third-order valence-corrected chi connectivity index (χ3v) is 6.36. The van der Waals surface area contributed by atoms with Crippen LogP contribution in [0.1, 0.15) is 32.6 Å². The molecule has 0 N–H and O–H groups in total. The quantitative estimate of drug-likeness (QED) is 0.399. The van der Waals surface area contributed by atoms with Gasteiger partial charge in [-0.2, -0.15) is 12.6 Å². The van der Waals surface area contributed by atoms with Crippen LogP contribution in [-0.4, -0.2) is 35.0 Å². The van der Waals surface area contributed by atoms with Crippen molar-refractivity contribution in [1.82, 2.24) is 0 Å². The lowest BCUT2D eigenvalue weighted by atomic mass is 10.2. The second kappa shape index (κ2) is 7.70. The van der Waals surface area contributed by atoms with Gasteiger partial charge in [0.15, 0.2) is 0 Å². The van der Waals surface area contributed by atoms with E-state index in [-0.39, 0.29) is 4.87 Å². The summed E-state index contributed by atoms with van der Waals surface area (Å²) in [5.41, 5.74) is 0. The molecule has 0 spiro atoms. The van der Waals surface area contributed by atoms with Gasteiger partial charge in [-0.1, -0.05) is 26.2 Å². The van der Waals surface area contributed by atoms with Crippen molar-refractivity contribution < 1.29 is 13.3 Å². The second-order valence-electron chi connectivity index (χ2n) is 3.23. The number of thiol groups is 1. The Hall–Kier alpha value is 0.447. The molecule has 0 aliphatic carbocycles. The minimum absolute atomic E-state index is 0.0778. The molecule has 1 unspecified atom stereocenters. The van der Waals surface area contributed by atoms with Crippen molar-refractivity contribution in [3.63, 3.8) is 0 Å². The Labute approximate surface area is 93.9 Å². The lowest BCUT2D eigenvalue weighted by Crippen LogP contribution is -2.52. The normalized spacial score (nSPS) is 14.4. The first-order valence-electron chi connectivity index (χ1n) is 5.00. The summed E-state index contributed by atoms with van der Waals surface area (Å²) in [5, 5.41) is 0. The summed E-state index contributed by atoms with van der Waals surface area (Å²) in [6.07, 6.45) is 4.56. The van der Waals surface area contributed by atoms with Gasteiger partial charge in [-0.3, -0.25) is 0 Å². The van der Waals surface area contributed by atoms with E-state index in [1.807, 2.05) is 0 Å². The zero-order chi connectivity index (χ0) is 11.0. The van der Waals surface area contributed by atoms with E-state index < -0.39 is 8.80 Å². The first-order chi connectivity index (χ1) is 6.66. The monoisotopic (exact) mass is 238 g/mol. The maximum absolute atomic E-state index is 5.35. The van der Waals surface area contributed by atoms with Crippen LogP contribution in [0.5, 0.6) is 0 Å². The molecule has 0 aromatic rings. The molecule has 86 valence electrons. The summed E-state index contributed by atoms with van der Waals surface area (Å²) in [5.74, 6) is 0. The highest BCUT2D eigenvalue weighted by Crippen LogP contribution is 2.22. The number of hydrogen-bond acceptors (Lipinski definition) is 4. The maximum atomic E-state index is 5.35. The van der Waals surface area contributed by atoms with Crippen molar-refractivity contribution in [3.05, 3.63) is 0 Å². The minimum Gasteiger partial charge on any atom is -0.376 e. The number of unbranched alkanes of at least 4 members (excludes halogenated alkanes) is 2. The van der Waals surface area contributed by atoms with Crippen LogP contribution in [0.4, 0.5) is 0 Å². The van der Waals surface area contributed by atoms with Crippen LogP contribution in [-0.2, 0) is 13.3 Å². The van der Waals surface area contributed by atoms with Gasteiger partial charge in [0.2, 0.25) is 0 Å². The van der Waals surface area contributed by atoms with Crippen LogP contribution in [0.2, 0.25) is 0 Å². The molecular formula is C9H22O3SSi. The Morgan fingerprint density at radius 2 is 1.57 bits per heavy atom. The molecule has 0 fully saturated rings. The van der Waals surface area contributed by atoms with Crippen molar-refractivity contribution in [2.24, 2.45) is 0 Å². The third-order valence-electron chi connectivity index (χ3n) is 2.34. The molecule has 0 heterocycles. The van der Waals surface area contributed by atoms with E-state index in [4.69, 9.17) is 13.3 Å². The molecular weight excluding hydrogens is 216 g/mol. The predicted molar refractivity (Wildman–Crippen MR) is 63.7 cm³/mol. The molecule has 0 aliphatic heterocycles. The summed E-state index contributed by atoms with van der Waals surface area (Å²) in [6.45, 7) is 2.18. The van der Waals surface area contributed by atoms with Crippen LogP contribution in [0.3, 0.4) is 0 Å². The molecule has 0 aliphatic rings. The Kier molecular flexibility index (Phi) is 7.95. The van der Waals surface area contributed by atoms with E-state index in [9.17, 15) is 0 Å². The van der Waals surface area contributed by atoms with Crippen molar-refractivity contribution >= 4 is 21.4 Å². The molecule has 0 amide bonds. The van der Waals surface area contributed by atoms with Gasteiger partial charge in [-0.25, -0.2) is 0 Å². The standard InChI is InChI=1S/C9H22O3SSi/c1-5-6-7-8-9(13)14(10-2,11-3)12-4/h9,13H,5-8H2,1-4H3. The van der Waals surface area contributed by atoms with Gasteiger partial charge in [0, 0.05) is 21.3 Å². The highest BCUT2D eigenvalue weighted by Gasteiger charge is 2.44. The van der Waals surface area contributed by atoms with E-state index in [0.717, 1.165) is 12.8 Å². The van der Waals surface area contributed by atoms with Crippen molar-refractivity contribution in [3.8, 4) is 0 Å². The Bertz CT molecular complexity index is 134. The van der Waals surface area contributed by atoms with Crippen molar-refractivity contribution in [1.29, 1.82) is 0 Å². The van der Waals surface area contributed by atoms with Gasteiger partial charge < -0.3 is 13.3 Å². The van der Waals surface area contributed by atoms with Crippen LogP contribution in [0.15, 0.2) is 0 Å². The summed E-state index contributed by atoms with van der Waals surface area (Å²) in [4.78, 5) is 0.0778.